The van der Waals surface area contributed by atoms with Crippen LogP contribution in [0, 0.1) is 0 Å². The summed E-state index contributed by atoms with van der Waals surface area (Å²) in [6.07, 6.45) is 1.88. The van der Waals surface area contributed by atoms with E-state index in [9.17, 15) is 0 Å². The van der Waals surface area contributed by atoms with Gasteiger partial charge >= 0.3 is 0 Å². The summed E-state index contributed by atoms with van der Waals surface area (Å²) in [6, 6.07) is 15.4. The Hall–Kier alpha value is -1.84. The molecular weight excluding hydrogens is 293 g/mol. The molecule has 5 heteroatoms. The number of rotatable bonds is 3. The van der Waals surface area contributed by atoms with Gasteiger partial charge in [0.05, 0.1) is 12.7 Å². The summed E-state index contributed by atoms with van der Waals surface area (Å²) in [7, 11) is 0. The van der Waals surface area contributed by atoms with E-state index in [4.69, 9.17) is 23.2 Å². The first-order valence-corrected chi connectivity index (χ1v) is 6.88. The van der Waals surface area contributed by atoms with E-state index in [0.717, 1.165) is 16.8 Å². The van der Waals surface area contributed by atoms with Gasteiger partial charge in [0.2, 0.25) is 0 Å². The Bertz CT molecular complexity index is 703. The summed E-state index contributed by atoms with van der Waals surface area (Å²) < 4.78 is 1.73. The summed E-state index contributed by atoms with van der Waals surface area (Å²) in [4.78, 5) is 0. The van der Waals surface area contributed by atoms with Crippen molar-refractivity contribution in [2.24, 2.45) is 0 Å². The quantitative estimate of drug-likeness (QED) is 0.722. The molecule has 3 rings (SSSR count). The number of benzene rings is 2. The van der Waals surface area contributed by atoms with Gasteiger partial charge in [-0.1, -0.05) is 64.8 Å². The summed E-state index contributed by atoms with van der Waals surface area (Å²) >= 11 is 12.3. The molecule has 3 aromatic rings. The van der Waals surface area contributed by atoms with Gasteiger partial charge < -0.3 is 0 Å². The SMILES string of the molecule is Clc1cccc(Cl)c1Cn1cc(-c2ccccc2)nn1. The van der Waals surface area contributed by atoms with Crippen molar-refractivity contribution in [1.82, 2.24) is 15.0 Å². The molecule has 0 fully saturated rings. The minimum Gasteiger partial charge on any atom is -0.247 e. The van der Waals surface area contributed by atoms with Crippen molar-refractivity contribution in [3.8, 4) is 11.3 Å². The van der Waals surface area contributed by atoms with Crippen LogP contribution >= 0.6 is 23.2 Å². The second kappa shape index (κ2) is 5.65. The van der Waals surface area contributed by atoms with Gasteiger partial charge in [0, 0.05) is 21.2 Å². The number of halogens is 2. The molecule has 1 aromatic heterocycles. The first kappa shape index (κ1) is 13.2. The summed E-state index contributed by atoms with van der Waals surface area (Å²) in [5.74, 6) is 0. The van der Waals surface area contributed by atoms with Crippen molar-refractivity contribution in [3.63, 3.8) is 0 Å². The molecule has 0 bridgehead atoms. The third-order valence-electron chi connectivity index (χ3n) is 2.99. The molecule has 20 heavy (non-hydrogen) atoms. The molecule has 1 heterocycles. The van der Waals surface area contributed by atoms with Crippen LogP contribution in [0.1, 0.15) is 5.56 Å². The highest BCUT2D eigenvalue weighted by Crippen LogP contribution is 2.25. The van der Waals surface area contributed by atoms with Crippen molar-refractivity contribution >= 4 is 23.2 Å². The van der Waals surface area contributed by atoms with E-state index in [1.807, 2.05) is 54.7 Å². The maximum absolute atomic E-state index is 6.16. The molecule has 0 amide bonds. The zero-order chi connectivity index (χ0) is 13.9. The van der Waals surface area contributed by atoms with Gasteiger partial charge in [-0.15, -0.1) is 5.10 Å². The molecule has 0 spiro atoms. The number of hydrogen-bond donors (Lipinski definition) is 0. The maximum Gasteiger partial charge on any atom is 0.113 e. The lowest BCUT2D eigenvalue weighted by atomic mass is 10.2. The molecule has 3 nitrogen and oxygen atoms in total. The summed E-state index contributed by atoms with van der Waals surface area (Å²) in [6.45, 7) is 0.498. The van der Waals surface area contributed by atoms with Crippen LogP contribution in [0.25, 0.3) is 11.3 Å². The number of hydrogen-bond acceptors (Lipinski definition) is 2. The Labute approximate surface area is 126 Å². The Balaban J connectivity index is 1.88. The lowest BCUT2D eigenvalue weighted by Crippen LogP contribution is -2.01. The minimum absolute atomic E-state index is 0.498. The molecule has 0 unspecified atom stereocenters. The van der Waals surface area contributed by atoms with E-state index in [1.165, 1.54) is 0 Å². The smallest absolute Gasteiger partial charge is 0.113 e. The summed E-state index contributed by atoms with van der Waals surface area (Å²) in [5, 5.41) is 9.56. The third-order valence-corrected chi connectivity index (χ3v) is 3.70. The van der Waals surface area contributed by atoms with Crippen LogP contribution < -0.4 is 0 Å². The molecule has 2 aromatic carbocycles. The van der Waals surface area contributed by atoms with Crippen molar-refractivity contribution in [3.05, 3.63) is 70.3 Å². The van der Waals surface area contributed by atoms with Crippen molar-refractivity contribution in [2.75, 3.05) is 0 Å². The zero-order valence-electron chi connectivity index (χ0n) is 10.5. The Morgan fingerprint density at radius 3 is 2.30 bits per heavy atom. The molecule has 0 radical (unpaired) electrons. The van der Waals surface area contributed by atoms with Crippen LogP contribution in [0.3, 0.4) is 0 Å². The van der Waals surface area contributed by atoms with E-state index in [-0.39, 0.29) is 0 Å². The van der Waals surface area contributed by atoms with E-state index in [0.29, 0.717) is 16.6 Å². The van der Waals surface area contributed by atoms with Crippen molar-refractivity contribution in [1.29, 1.82) is 0 Å². The molecule has 0 N–H and O–H groups in total. The minimum atomic E-state index is 0.498. The lowest BCUT2D eigenvalue weighted by molar-refractivity contribution is 0.650. The number of aromatic nitrogens is 3. The van der Waals surface area contributed by atoms with Crippen molar-refractivity contribution in [2.45, 2.75) is 6.54 Å². The van der Waals surface area contributed by atoms with E-state index in [1.54, 1.807) is 4.68 Å². The predicted molar refractivity (Wildman–Crippen MR) is 81.0 cm³/mol. The highest BCUT2D eigenvalue weighted by atomic mass is 35.5. The largest absolute Gasteiger partial charge is 0.247 e. The fourth-order valence-corrected chi connectivity index (χ4v) is 2.48. The second-order valence-electron chi connectivity index (χ2n) is 4.37. The average molecular weight is 304 g/mol. The lowest BCUT2D eigenvalue weighted by Gasteiger charge is -2.05. The predicted octanol–water partition coefficient (Wildman–Crippen LogP) is 4.30. The molecule has 0 saturated carbocycles. The second-order valence-corrected chi connectivity index (χ2v) is 5.18. The van der Waals surface area contributed by atoms with E-state index < -0.39 is 0 Å². The van der Waals surface area contributed by atoms with Crippen LogP contribution in [-0.4, -0.2) is 15.0 Å². The summed E-state index contributed by atoms with van der Waals surface area (Å²) in [5.41, 5.74) is 2.71. The van der Waals surface area contributed by atoms with Crippen LogP contribution in [0.15, 0.2) is 54.7 Å². The standard InChI is InChI=1S/C15H11Cl2N3/c16-13-7-4-8-14(17)12(13)9-20-10-15(18-19-20)11-5-2-1-3-6-11/h1-8,10H,9H2. The van der Waals surface area contributed by atoms with Crippen LogP contribution in [0.5, 0.6) is 0 Å². The Kier molecular flexibility index (Phi) is 3.72. The van der Waals surface area contributed by atoms with Crippen LogP contribution in [0.2, 0.25) is 10.0 Å². The van der Waals surface area contributed by atoms with Gasteiger partial charge in [-0.3, -0.25) is 0 Å². The van der Waals surface area contributed by atoms with Gasteiger partial charge in [-0.25, -0.2) is 4.68 Å². The molecule has 100 valence electrons. The topological polar surface area (TPSA) is 30.7 Å². The van der Waals surface area contributed by atoms with Gasteiger partial charge in [0.25, 0.3) is 0 Å². The van der Waals surface area contributed by atoms with Gasteiger partial charge in [-0.2, -0.15) is 0 Å². The van der Waals surface area contributed by atoms with Crippen LogP contribution in [-0.2, 0) is 6.54 Å². The highest BCUT2D eigenvalue weighted by Gasteiger charge is 2.08. The molecule has 0 aliphatic carbocycles. The monoisotopic (exact) mass is 303 g/mol. The third kappa shape index (κ3) is 2.69. The fraction of sp³-hybridized carbons (Fsp3) is 0.0667. The van der Waals surface area contributed by atoms with E-state index >= 15 is 0 Å². The van der Waals surface area contributed by atoms with Gasteiger partial charge in [0.15, 0.2) is 0 Å². The Morgan fingerprint density at radius 1 is 0.900 bits per heavy atom. The van der Waals surface area contributed by atoms with Crippen LogP contribution in [0.4, 0.5) is 0 Å². The normalized spacial score (nSPS) is 10.7. The molecule has 0 saturated heterocycles. The highest BCUT2D eigenvalue weighted by molar-refractivity contribution is 6.35. The molecule has 0 aliphatic rings. The Morgan fingerprint density at radius 2 is 1.60 bits per heavy atom. The average Bonchev–Trinajstić information content (AvgIpc) is 2.93. The zero-order valence-corrected chi connectivity index (χ0v) is 12.0. The van der Waals surface area contributed by atoms with Crippen molar-refractivity contribution < 1.29 is 0 Å². The van der Waals surface area contributed by atoms with Gasteiger partial charge in [-0.05, 0) is 12.1 Å². The molecule has 0 atom stereocenters. The van der Waals surface area contributed by atoms with E-state index in [2.05, 4.69) is 10.3 Å². The first-order chi connectivity index (χ1) is 9.74. The fourth-order valence-electron chi connectivity index (χ4n) is 1.96. The molecule has 0 aliphatic heterocycles. The van der Waals surface area contributed by atoms with Gasteiger partial charge in [0.1, 0.15) is 5.69 Å². The number of nitrogens with zero attached hydrogens (tertiary/aromatic N) is 3. The first-order valence-electron chi connectivity index (χ1n) is 6.12. The molecular formula is C15H11Cl2N3. The maximum atomic E-state index is 6.16.